The van der Waals surface area contributed by atoms with Crippen molar-refractivity contribution in [2.45, 2.75) is 42.5 Å². The minimum absolute atomic E-state index is 0.133. The van der Waals surface area contributed by atoms with Crippen LogP contribution in [-0.2, 0) is 21.4 Å². The number of rotatable bonds is 6. The fourth-order valence-corrected chi connectivity index (χ4v) is 6.99. The third-order valence-corrected chi connectivity index (χ3v) is 9.48. The number of hydrogen-bond donors (Lipinski definition) is 0. The number of nitrogens with zero attached hydrogens (tertiary/aromatic N) is 3. The molecule has 0 atom stereocenters. The van der Waals surface area contributed by atoms with Gasteiger partial charge in [-0.25, -0.2) is 8.42 Å². The average molecular weight is 452 g/mol. The molecule has 2 aliphatic heterocycles. The van der Waals surface area contributed by atoms with Crippen LogP contribution in [0.5, 0.6) is 0 Å². The zero-order valence-corrected chi connectivity index (χ0v) is 18.9. The van der Waals surface area contributed by atoms with Crippen molar-refractivity contribution < 1.29 is 17.6 Å². The number of sulfonamides is 1. The van der Waals surface area contributed by atoms with Gasteiger partial charge in [0.25, 0.3) is 10.0 Å². The second kappa shape index (κ2) is 9.21. The number of piperidine rings is 2. The molecule has 0 unspecified atom stereocenters. The maximum Gasteiger partial charge on any atom is 0.252 e. The first-order valence-electron chi connectivity index (χ1n) is 10.5. The van der Waals surface area contributed by atoms with Crippen molar-refractivity contribution in [3.63, 3.8) is 0 Å². The second-order valence-electron chi connectivity index (χ2n) is 8.19. The topological polar surface area (TPSA) is 74.1 Å². The largest absolute Gasteiger partial charge is 0.467 e. The van der Waals surface area contributed by atoms with Gasteiger partial charge in [0.1, 0.15) is 9.97 Å². The van der Waals surface area contributed by atoms with Crippen LogP contribution >= 0.6 is 11.3 Å². The summed E-state index contributed by atoms with van der Waals surface area (Å²) in [5.74, 6) is 0.781. The summed E-state index contributed by atoms with van der Waals surface area (Å²) >= 11 is 1.24. The van der Waals surface area contributed by atoms with Gasteiger partial charge >= 0.3 is 0 Å². The van der Waals surface area contributed by atoms with Crippen LogP contribution in [0.3, 0.4) is 0 Å². The molecule has 2 fully saturated rings. The molecule has 0 spiro atoms. The second-order valence-corrected chi connectivity index (χ2v) is 11.3. The van der Waals surface area contributed by atoms with E-state index >= 15 is 0 Å². The number of thiophene rings is 1. The average Bonchev–Trinajstić information content (AvgIpc) is 3.47. The van der Waals surface area contributed by atoms with Crippen molar-refractivity contribution in [2.75, 3.05) is 33.2 Å². The number of carbonyl (C=O) groups is 1. The van der Waals surface area contributed by atoms with Crippen LogP contribution in [0.1, 0.15) is 31.4 Å². The van der Waals surface area contributed by atoms with E-state index in [0.717, 1.165) is 31.7 Å². The Balaban J connectivity index is 1.43. The molecule has 4 heterocycles. The molecule has 2 aromatic rings. The standard InChI is InChI=1S/C21H29N3O4S2/c1-22-10-8-18(9-11-22)24(16-19-4-2-14-28-19)21(25)17-6-12-23(13-7-17)30(26,27)20-5-3-15-29-20/h2-5,14-15,17-18H,6-13,16H2,1H3. The smallest absolute Gasteiger partial charge is 0.252 e. The zero-order valence-electron chi connectivity index (χ0n) is 17.3. The quantitative estimate of drug-likeness (QED) is 0.675. The van der Waals surface area contributed by atoms with Crippen molar-refractivity contribution in [3.05, 3.63) is 41.7 Å². The number of likely N-dealkylation sites (tertiary alicyclic amines) is 1. The summed E-state index contributed by atoms with van der Waals surface area (Å²) in [4.78, 5) is 17.8. The van der Waals surface area contributed by atoms with Crippen LogP contribution in [0, 0.1) is 5.92 Å². The van der Waals surface area contributed by atoms with Crippen molar-refractivity contribution in [3.8, 4) is 0 Å². The van der Waals surface area contributed by atoms with Crippen LogP contribution in [0.2, 0.25) is 0 Å². The molecule has 164 valence electrons. The molecule has 30 heavy (non-hydrogen) atoms. The Kier molecular flexibility index (Phi) is 6.62. The van der Waals surface area contributed by atoms with E-state index < -0.39 is 10.0 Å². The van der Waals surface area contributed by atoms with Crippen LogP contribution < -0.4 is 0 Å². The number of hydrogen-bond acceptors (Lipinski definition) is 6. The first-order chi connectivity index (χ1) is 14.4. The lowest BCUT2D eigenvalue weighted by Crippen LogP contribution is -2.50. The zero-order chi connectivity index (χ0) is 21.1. The Labute approximate surface area is 182 Å². The molecule has 0 saturated carbocycles. The number of amides is 1. The maximum atomic E-state index is 13.5. The van der Waals surface area contributed by atoms with Gasteiger partial charge in [-0.05, 0) is 69.4 Å². The van der Waals surface area contributed by atoms with Gasteiger partial charge in [0, 0.05) is 25.0 Å². The molecule has 2 saturated heterocycles. The molecular formula is C21H29N3O4S2. The van der Waals surface area contributed by atoms with Crippen molar-refractivity contribution in [1.82, 2.24) is 14.1 Å². The summed E-state index contributed by atoms with van der Waals surface area (Å²) in [5.41, 5.74) is 0. The van der Waals surface area contributed by atoms with Gasteiger partial charge in [-0.3, -0.25) is 4.79 Å². The molecule has 0 radical (unpaired) electrons. The lowest BCUT2D eigenvalue weighted by Gasteiger charge is -2.40. The summed E-state index contributed by atoms with van der Waals surface area (Å²) in [6.07, 6.45) is 4.67. The van der Waals surface area contributed by atoms with Gasteiger partial charge in [0.2, 0.25) is 5.91 Å². The van der Waals surface area contributed by atoms with Gasteiger partial charge in [-0.1, -0.05) is 6.07 Å². The van der Waals surface area contributed by atoms with Crippen molar-refractivity contribution in [1.29, 1.82) is 0 Å². The van der Waals surface area contributed by atoms with E-state index in [1.165, 1.54) is 15.6 Å². The van der Waals surface area contributed by atoms with Gasteiger partial charge in [0.15, 0.2) is 0 Å². The van der Waals surface area contributed by atoms with Gasteiger partial charge < -0.3 is 14.2 Å². The molecule has 0 N–H and O–H groups in total. The fraction of sp³-hybridized carbons (Fsp3) is 0.571. The molecule has 7 nitrogen and oxygen atoms in total. The Bertz CT molecular complexity index is 912. The van der Waals surface area contributed by atoms with Crippen LogP contribution in [-0.4, -0.2) is 67.7 Å². The highest BCUT2D eigenvalue weighted by Gasteiger charge is 2.36. The number of furan rings is 1. The third kappa shape index (κ3) is 4.64. The maximum absolute atomic E-state index is 13.5. The predicted octanol–water partition coefficient (Wildman–Crippen LogP) is 2.86. The first-order valence-corrected chi connectivity index (χ1v) is 12.8. The summed E-state index contributed by atoms with van der Waals surface area (Å²) in [6, 6.07) is 7.35. The van der Waals surface area contributed by atoms with E-state index in [0.29, 0.717) is 36.7 Å². The summed E-state index contributed by atoms with van der Waals surface area (Å²) in [6.45, 7) is 3.21. The minimum Gasteiger partial charge on any atom is -0.467 e. The fourth-order valence-electron chi connectivity index (χ4n) is 4.38. The van der Waals surface area contributed by atoms with Crippen LogP contribution in [0.15, 0.2) is 44.5 Å². The Morgan fingerprint density at radius 1 is 1.13 bits per heavy atom. The summed E-state index contributed by atoms with van der Waals surface area (Å²) in [5, 5.41) is 1.78. The first kappa shape index (κ1) is 21.5. The van der Waals surface area contributed by atoms with E-state index in [1.807, 2.05) is 17.0 Å². The van der Waals surface area contributed by atoms with E-state index in [-0.39, 0.29) is 17.9 Å². The number of carbonyl (C=O) groups excluding carboxylic acids is 1. The van der Waals surface area contributed by atoms with Crippen molar-refractivity contribution in [2.24, 2.45) is 5.92 Å². The van der Waals surface area contributed by atoms with E-state index in [4.69, 9.17) is 4.42 Å². The van der Waals surface area contributed by atoms with Gasteiger partial charge in [-0.2, -0.15) is 4.31 Å². The molecule has 0 aromatic carbocycles. The molecule has 2 aromatic heterocycles. The van der Waals surface area contributed by atoms with Gasteiger partial charge in [0.05, 0.1) is 12.8 Å². The Morgan fingerprint density at radius 3 is 2.47 bits per heavy atom. The van der Waals surface area contributed by atoms with Crippen LogP contribution in [0.25, 0.3) is 0 Å². The SMILES string of the molecule is CN1CCC(N(Cc2ccco2)C(=O)C2CCN(S(=O)(=O)c3cccs3)CC2)CC1. The highest BCUT2D eigenvalue weighted by molar-refractivity contribution is 7.91. The molecule has 1 amide bonds. The Hall–Kier alpha value is -1.68. The summed E-state index contributed by atoms with van der Waals surface area (Å²) in [7, 11) is -1.34. The summed E-state index contributed by atoms with van der Waals surface area (Å²) < 4.78 is 33.0. The Morgan fingerprint density at radius 2 is 1.87 bits per heavy atom. The lowest BCUT2D eigenvalue weighted by atomic mass is 9.94. The molecule has 2 aliphatic rings. The molecule has 0 bridgehead atoms. The normalized spacial score (nSPS) is 20.4. The monoisotopic (exact) mass is 451 g/mol. The highest BCUT2D eigenvalue weighted by atomic mass is 32.2. The van der Waals surface area contributed by atoms with Crippen molar-refractivity contribution >= 4 is 27.3 Å². The lowest BCUT2D eigenvalue weighted by molar-refractivity contribution is -0.141. The highest BCUT2D eigenvalue weighted by Crippen LogP contribution is 2.29. The molecule has 4 rings (SSSR count). The van der Waals surface area contributed by atoms with E-state index in [9.17, 15) is 13.2 Å². The molecular weight excluding hydrogens is 422 g/mol. The van der Waals surface area contributed by atoms with Gasteiger partial charge in [-0.15, -0.1) is 11.3 Å². The third-order valence-electron chi connectivity index (χ3n) is 6.21. The predicted molar refractivity (Wildman–Crippen MR) is 116 cm³/mol. The van der Waals surface area contributed by atoms with E-state index in [1.54, 1.807) is 23.8 Å². The van der Waals surface area contributed by atoms with E-state index in [2.05, 4.69) is 11.9 Å². The minimum atomic E-state index is -3.45. The molecule has 9 heteroatoms. The molecule has 0 aliphatic carbocycles. The van der Waals surface area contributed by atoms with Crippen LogP contribution in [0.4, 0.5) is 0 Å².